The molecule has 1 aromatic heterocycles. The topological polar surface area (TPSA) is 30.2 Å². The minimum absolute atomic E-state index is 0.151. The van der Waals surface area contributed by atoms with Crippen LogP contribution in [0, 0.1) is 6.92 Å². The first-order valence-corrected chi connectivity index (χ1v) is 4.32. The Morgan fingerprint density at radius 3 is 3.08 bits per heavy atom. The molecule has 1 aliphatic carbocycles. The molecule has 0 fully saturated rings. The van der Waals surface area contributed by atoms with Crippen molar-refractivity contribution >= 4 is 0 Å². The second-order valence-electron chi connectivity index (χ2n) is 3.50. The molecule has 0 amide bonds. The SMILES string of the molecule is Cc1cc(=O)c2c(o1)C(C)CC2. The van der Waals surface area contributed by atoms with Gasteiger partial charge in [-0.3, -0.25) is 4.79 Å². The highest BCUT2D eigenvalue weighted by molar-refractivity contribution is 5.26. The smallest absolute Gasteiger partial charge is 0.188 e. The van der Waals surface area contributed by atoms with Crippen LogP contribution in [0.4, 0.5) is 0 Å². The highest BCUT2D eigenvalue weighted by Gasteiger charge is 2.23. The number of rotatable bonds is 0. The minimum Gasteiger partial charge on any atom is -0.466 e. The summed E-state index contributed by atoms with van der Waals surface area (Å²) in [5, 5.41) is 0. The Kier molecular flexibility index (Phi) is 1.56. The number of hydrogen-bond donors (Lipinski definition) is 0. The number of hydrogen-bond acceptors (Lipinski definition) is 2. The van der Waals surface area contributed by atoms with Crippen molar-refractivity contribution in [3.8, 4) is 0 Å². The Hall–Kier alpha value is -1.05. The second kappa shape index (κ2) is 2.47. The van der Waals surface area contributed by atoms with Gasteiger partial charge in [0.25, 0.3) is 0 Å². The van der Waals surface area contributed by atoms with E-state index in [1.165, 1.54) is 0 Å². The zero-order chi connectivity index (χ0) is 8.72. The second-order valence-corrected chi connectivity index (χ2v) is 3.50. The van der Waals surface area contributed by atoms with E-state index in [1.54, 1.807) is 6.07 Å². The van der Waals surface area contributed by atoms with Crippen molar-refractivity contribution in [3.63, 3.8) is 0 Å². The van der Waals surface area contributed by atoms with Gasteiger partial charge in [-0.05, 0) is 19.8 Å². The van der Waals surface area contributed by atoms with Gasteiger partial charge in [0.1, 0.15) is 11.5 Å². The molecule has 0 bridgehead atoms. The van der Waals surface area contributed by atoms with Gasteiger partial charge in [-0.25, -0.2) is 0 Å². The molecule has 0 saturated heterocycles. The van der Waals surface area contributed by atoms with Crippen LogP contribution < -0.4 is 5.43 Å². The van der Waals surface area contributed by atoms with Crippen molar-refractivity contribution in [2.45, 2.75) is 32.6 Å². The highest BCUT2D eigenvalue weighted by atomic mass is 16.3. The first kappa shape index (κ1) is 7.59. The lowest BCUT2D eigenvalue weighted by molar-refractivity contribution is 0.445. The molecule has 0 aromatic carbocycles. The van der Waals surface area contributed by atoms with Gasteiger partial charge in [0.2, 0.25) is 0 Å². The summed E-state index contributed by atoms with van der Waals surface area (Å²) in [5.74, 6) is 2.07. The molecule has 0 N–H and O–H groups in total. The lowest BCUT2D eigenvalue weighted by atomic mass is 10.1. The first-order valence-electron chi connectivity index (χ1n) is 4.32. The third kappa shape index (κ3) is 0.986. The summed E-state index contributed by atoms with van der Waals surface area (Å²) < 4.78 is 5.51. The Labute approximate surface area is 71.2 Å². The lowest BCUT2D eigenvalue weighted by Gasteiger charge is -2.02. The van der Waals surface area contributed by atoms with Crippen LogP contribution in [0.2, 0.25) is 0 Å². The maximum absolute atomic E-state index is 11.4. The predicted octanol–water partition coefficient (Wildman–Crippen LogP) is 2.00. The standard InChI is InChI=1S/C10H12O2/c1-6-3-4-8-9(11)5-7(2)12-10(6)8/h5-6H,3-4H2,1-2H3. The number of aryl methyl sites for hydroxylation is 1. The summed E-state index contributed by atoms with van der Waals surface area (Å²) in [5.41, 5.74) is 1.05. The average Bonchev–Trinajstić information content (AvgIpc) is 2.33. The van der Waals surface area contributed by atoms with Crippen LogP contribution in [0.3, 0.4) is 0 Å². The van der Waals surface area contributed by atoms with Crippen molar-refractivity contribution in [2.75, 3.05) is 0 Å². The molecule has 1 unspecified atom stereocenters. The molecule has 64 valence electrons. The Morgan fingerprint density at radius 2 is 2.33 bits per heavy atom. The van der Waals surface area contributed by atoms with Gasteiger partial charge >= 0.3 is 0 Å². The van der Waals surface area contributed by atoms with Gasteiger partial charge < -0.3 is 4.42 Å². The van der Waals surface area contributed by atoms with E-state index in [0.717, 1.165) is 29.9 Å². The van der Waals surface area contributed by atoms with E-state index < -0.39 is 0 Å². The Balaban J connectivity index is 2.68. The average molecular weight is 164 g/mol. The maximum atomic E-state index is 11.4. The van der Waals surface area contributed by atoms with E-state index in [2.05, 4.69) is 6.92 Å². The van der Waals surface area contributed by atoms with Crippen LogP contribution >= 0.6 is 0 Å². The summed E-state index contributed by atoms with van der Waals surface area (Å²) >= 11 is 0. The molecular weight excluding hydrogens is 152 g/mol. The van der Waals surface area contributed by atoms with E-state index >= 15 is 0 Å². The zero-order valence-electron chi connectivity index (χ0n) is 7.39. The number of fused-ring (bicyclic) bond motifs is 1. The van der Waals surface area contributed by atoms with Crippen LogP contribution in [-0.2, 0) is 6.42 Å². The van der Waals surface area contributed by atoms with Crippen molar-refractivity contribution in [1.82, 2.24) is 0 Å². The van der Waals surface area contributed by atoms with Gasteiger partial charge in [0, 0.05) is 17.5 Å². The van der Waals surface area contributed by atoms with Crippen molar-refractivity contribution < 1.29 is 4.42 Å². The fourth-order valence-electron chi connectivity index (χ4n) is 1.79. The molecule has 12 heavy (non-hydrogen) atoms. The molecule has 1 aromatic rings. The van der Waals surface area contributed by atoms with Gasteiger partial charge in [-0.15, -0.1) is 0 Å². The summed E-state index contributed by atoms with van der Waals surface area (Å²) in [6, 6.07) is 1.58. The van der Waals surface area contributed by atoms with E-state index in [9.17, 15) is 4.79 Å². The van der Waals surface area contributed by atoms with Gasteiger partial charge in [0.05, 0.1) is 0 Å². The molecule has 2 rings (SSSR count). The molecule has 0 aliphatic heterocycles. The molecule has 0 spiro atoms. The molecule has 2 heteroatoms. The monoisotopic (exact) mass is 164 g/mol. The van der Waals surface area contributed by atoms with Crippen LogP contribution in [-0.4, -0.2) is 0 Å². The van der Waals surface area contributed by atoms with Gasteiger partial charge in [-0.2, -0.15) is 0 Å². The molecule has 0 saturated carbocycles. The Morgan fingerprint density at radius 1 is 1.58 bits per heavy atom. The van der Waals surface area contributed by atoms with Crippen molar-refractivity contribution in [3.05, 3.63) is 33.4 Å². The van der Waals surface area contributed by atoms with Crippen LogP contribution in [0.5, 0.6) is 0 Å². The van der Waals surface area contributed by atoms with Crippen LogP contribution in [0.15, 0.2) is 15.3 Å². The van der Waals surface area contributed by atoms with Crippen LogP contribution in [0.1, 0.15) is 36.3 Å². The Bertz CT molecular complexity index is 363. The maximum Gasteiger partial charge on any atom is 0.188 e. The molecule has 2 nitrogen and oxygen atoms in total. The van der Waals surface area contributed by atoms with Crippen molar-refractivity contribution in [2.24, 2.45) is 0 Å². The van der Waals surface area contributed by atoms with Gasteiger partial charge in [0.15, 0.2) is 5.43 Å². The van der Waals surface area contributed by atoms with E-state index in [-0.39, 0.29) is 5.43 Å². The normalized spacial score (nSPS) is 21.0. The van der Waals surface area contributed by atoms with E-state index in [4.69, 9.17) is 4.42 Å². The summed E-state index contributed by atoms with van der Waals surface area (Å²) in [6.07, 6.45) is 1.94. The quantitative estimate of drug-likeness (QED) is 0.587. The summed E-state index contributed by atoms with van der Waals surface area (Å²) in [4.78, 5) is 11.4. The zero-order valence-corrected chi connectivity index (χ0v) is 7.39. The molecular formula is C10H12O2. The fourth-order valence-corrected chi connectivity index (χ4v) is 1.79. The molecule has 1 atom stereocenters. The highest BCUT2D eigenvalue weighted by Crippen LogP contribution is 2.30. The summed E-state index contributed by atoms with van der Waals surface area (Å²) in [6.45, 7) is 3.93. The van der Waals surface area contributed by atoms with E-state index in [0.29, 0.717) is 5.92 Å². The largest absolute Gasteiger partial charge is 0.466 e. The van der Waals surface area contributed by atoms with Gasteiger partial charge in [-0.1, -0.05) is 6.92 Å². The molecule has 1 heterocycles. The predicted molar refractivity (Wildman–Crippen MR) is 46.5 cm³/mol. The third-order valence-corrected chi connectivity index (χ3v) is 2.48. The first-order chi connectivity index (χ1) is 5.68. The molecule has 1 aliphatic rings. The third-order valence-electron chi connectivity index (χ3n) is 2.48. The lowest BCUT2D eigenvalue weighted by Crippen LogP contribution is -2.07. The fraction of sp³-hybridized carbons (Fsp3) is 0.500. The van der Waals surface area contributed by atoms with E-state index in [1.807, 2.05) is 6.92 Å². The van der Waals surface area contributed by atoms with Crippen LogP contribution in [0.25, 0.3) is 0 Å². The summed E-state index contributed by atoms with van der Waals surface area (Å²) in [7, 11) is 0. The minimum atomic E-state index is 0.151. The molecule has 0 radical (unpaired) electrons. The van der Waals surface area contributed by atoms with Crippen molar-refractivity contribution in [1.29, 1.82) is 0 Å².